The molecule has 0 saturated carbocycles. The molecule has 2 rings (SSSR count). The third-order valence-corrected chi connectivity index (χ3v) is 2.77. The largest absolute Gasteiger partial charge is 0.353 e. The van der Waals surface area contributed by atoms with Crippen molar-refractivity contribution in [2.24, 2.45) is 0 Å². The highest BCUT2D eigenvalue weighted by atomic mass is 19.1. The SMILES string of the molecule is CCC(CC)Nc1nc2ccc(F)cc2[nH]1. The summed E-state index contributed by atoms with van der Waals surface area (Å²) in [5.41, 5.74) is 1.52. The molecule has 0 aliphatic carbocycles. The van der Waals surface area contributed by atoms with Crippen molar-refractivity contribution in [2.75, 3.05) is 5.32 Å². The molecule has 4 heteroatoms. The molecule has 2 N–H and O–H groups in total. The molecule has 0 unspecified atom stereocenters. The monoisotopic (exact) mass is 221 g/mol. The van der Waals surface area contributed by atoms with Crippen LogP contribution in [0.4, 0.5) is 10.3 Å². The molecule has 1 aromatic heterocycles. The molecule has 86 valence electrons. The van der Waals surface area contributed by atoms with Crippen molar-refractivity contribution in [3.8, 4) is 0 Å². The fraction of sp³-hybridized carbons (Fsp3) is 0.417. The zero-order chi connectivity index (χ0) is 11.5. The molecule has 0 aliphatic heterocycles. The second-order valence-corrected chi connectivity index (χ2v) is 3.90. The molecule has 2 aromatic rings. The zero-order valence-electron chi connectivity index (χ0n) is 9.55. The topological polar surface area (TPSA) is 40.7 Å². The van der Waals surface area contributed by atoms with Crippen LogP contribution < -0.4 is 5.32 Å². The lowest BCUT2D eigenvalue weighted by molar-refractivity contribution is 0.629. The third-order valence-electron chi connectivity index (χ3n) is 2.77. The first-order valence-corrected chi connectivity index (χ1v) is 5.64. The number of nitrogens with zero attached hydrogens (tertiary/aromatic N) is 1. The van der Waals surface area contributed by atoms with Crippen molar-refractivity contribution in [3.63, 3.8) is 0 Å². The Hall–Kier alpha value is -1.58. The summed E-state index contributed by atoms with van der Waals surface area (Å²) in [6.45, 7) is 4.26. The lowest BCUT2D eigenvalue weighted by atomic mass is 10.2. The van der Waals surface area contributed by atoms with Gasteiger partial charge < -0.3 is 10.3 Å². The van der Waals surface area contributed by atoms with Crippen LogP contribution in [0.15, 0.2) is 18.2 Å². The van der Waals surface area contributed by atoms with Gasteiger partial charge in [0.15, 0.2) is 0 Å². The van der Waals surface area contributed by atoms with Crippen LogP contribution in [0.5, 0.6) is 0 Å². The normalized spacial score (nSPS) is 11.2. The minimum absolute atomic E-state index is 0.245. The summed E-state index contributed by atoms with van der Waals surface area (Å²) in [4.78, 5) is 7.43. The summed E-state index contributed by atoms with van der Waals surface area (Å²) in [6.07, 6.45) is 2.09. The number of aromatic nitrogens is 2. The van der Waals surface area contributed by atoms with Crippen molar-refractivity contribution in [3.05, 3.63) is 24.0 Å². The molecular weight excluding hydrogens is 205 g/mol. The van der Waals surface area contributed by atoms with Crippen LogP contribution in [0.2, 0.25) is 0 Å². The number of nitrogens with one attached hydrogen (secondary N) is 2. The maximum atomic E-state index is 13.0. The highest BCUT2D eigenvalue weighted by Gasteiger charge is 2.07. The first-order chi connectivity index (χ1) is 7.72. The lowest BCUT2D eigenvalue weighted by Gasteiger charge is -2.12. The van der Waals surface area contributed by atoms with Crippen LogP contribution in [-0.4, -0.2) is 16.0 Å². The van der Waals surface area contributed by atoms with E-state index in [1.165, 1.54) is 12.1 Å². The van der Waals surface area contributed by atoms with Gasteiger partial charge in [-0.2, -0.15) is 0 Å². The number of fused-ring (bicyclic) bond motifs is 1. The molecule has 0 bridgehead atoms. The molecule has 0 amide bonds. The Balaban J connectivity index is 2.25. The van der Waals surface area contributed by atoms with Crippen LogP contribution >= 0.6 is 0 Å². The number of benzene rings is 1. The van der Waals surface area contributed by atoms with Gasteiger partial charge in [-0.15, -0.1) is 0 Å². The number of H-pyrrole nitrogens is 1. The molecule has 0 saturated heterocycles. The van der Waals surface area contributed by atoms with E-state index in [4.69, 9.17) is 0 Å². The molecule has 0 spiro atoms. The van der Waals surface area contributed by atoms with E-state index in [0.29, 0.717) is 12.0 Å². The average Bonchev–Trinajstić information content (AvgIpc) is 2.67. The maximum Gasteiger partial charge on any atom is 0.201 e. The quantitative estimate of drug-likeness (QED) is 0.831. The van der Waals surface area contributed by atoms with Gasteiger partial charge in [0.2, 0.25) is 5.95 Å². The van der Waals surface area contributed by atoms with Crippen molar-refractivity contribution in [2.45, 2.75) is 32.7 Å². The predicted octanol–water partition coefficient (Wildman–Crippen LogP) is 3.30. The number of halogens is 1. The first kappa shape index (κ1) is 10.9. The van der Waals surface area contributed by atoms with Crippen LogP contribution in [-0.2, 0) is 0 Å². The Labute approximate surface area is 94.1 Å². The highest BCUT2D eigenvalue weighted by molar-refractivity contribution is 5.77. The molecule has 0 radical (unpaired) electrons. The van der Waals surface area contributed by atoms with Gasteiger partial charge in [-0.25, -0.2) is 9.37 Å². The second-order valence-electron chi connectivity index (χ2n) is 3.90. The summed E-state index contributed by atoms with van der Waals surface area (Å²) in [6, 6.07) is 4.97. The van der Waals surface area contributed by atoms with Gasteiger partial charge in [0.05, 0.1) is 11.0 Å². The first-order valence-electron chi connectivity index (χ1n) is 5.64. The van der Waals surface area contributed by atoms with Gasteiger partial charge in [-0.3, -0.25) is 0 Å². The van der Waals surface area contributed by atoms with Gasteiger partial charge >= 0.3 is 0 Å². The lowest BCUT2D eigenvalue weighted by Crippen LogP contribution is -2.17. The molecule has 3 nitrogen and oxygen atoms in total. The second kappa shape index (κ2) is 4.51. The number of hydrogen-bond acceptors (Lipinski definition) is 2. The molecule has 16 heavy (non-hydrogen) atoms. The van der Waals surface area contributed by atoms with Gasteiger partial charge in [-0.1, -0.05) is 13.8 Å². The van der Waals surface area contributed by atoms with E-state index < -0.39 is 0 Å². The predicted molar refractivity (Wildman–Crippen MR) is 64.0 cm³/mol. The molecular formula is C12H16FN3. The Bertz CT molecular complexity index is 474. The van der Waals surface area contributed by atoms with Crippen LogP contribution in [0.3, 0.4) is 0 Å². The van der Waals surface area contributed by atoms with E-state index in [1.807, 2.05) is 0 Å². The van der Waals surface area contributed by atoms with Crippen molar-refractivity contribution in [1.29, 1.82) is 0 Å². The smallest absolute Gasteiger partial charge is 0.201 e. The minimum atomic E-state index is -0.245. The van der Waals surface area contributed by atoms with Gasteiger partial charge in [0, 0.05) is 6.04 Å². The number of anilines is 1. The Kier molecular flexibility index (Phi) is 3.08. The van der Waals surface area contributed by atoms with Gasteiger partial charge in [-0.05, 0) is 31.0 Å². The summed E-state index contributed by atoms with van der Waals surface area (Å²) in [5.74, 6) is 0.472. The zero-order valence-corrected chi connectivity index (χ0v) is 9.55. The van der Waals surface area contributed by atoms with Gasteiger partial charge in [0.25, 0.3) is 0 Å². The van der Waals surface area contributed by atoms with Gasteiger partial charge in [0.1, 0.15) is 5.82 Å². The highest BCUT2D eigenvalue weighted by Crippen LogP contribution is 2.16. The summed E-state index contributed by atoms with van der Waals surface area (Å²) in [7, 11) is 0. The Morgan fingerprint density at radius 1 is 1.38 bits per heavy atom. The van der Waals surface area contributed by atoms with E-state index in [2.05, 4.69) is 29.1 Å². The van der Waals surface area contributed by atoms with Crippen molar-refractivity contribution in [1.82, 2.24) is 9.97 Å². The molecule has 0 atom stereocenters. The summed E-state index contributed by atoms with van der Waals surface area (Å²) < 4.78 is 13.0. The molecule has 0 fully saturated rings. The molecule has 0 aliphatic rings. The average molecular weight is 221 g/mol. The summed E-state index contributed by atoms with van der Waals surface area (Å²) in [5, 5.41) is 3.30. The number of rotatable bonds is 4. The number of imidazole rings is 1. The third kappa shape index (κ3) is 2.15. The van der Waals surface area contributed by atoms with Crippen LogP contribution in [0, 0.1) is 5.82 Å². The number of hydrogen-bond donors (Lipinski definition) is 2. The fourth-order valence-electron chi connectivity index (χ4n) is 1.74. The molecule has 1 heterocycles. The van der Waals surface area contributed by atoms with E-state index in [1.54, 1.807) is 6.07 Å². The van der Waals surface area contributed by atoms with Crippen molar-refractivity contribution >= 4 is 17.0 Å². The van der Waals surface area contributed by atoms with E-state index in [-0.39, 0.29) is 5.82 Å². The fourth-order valence-corrected chi connectivity index (χ4v) is 1.74. The Morgan fingerprint density at radius 3 is 2.81 bits per heavy atom. The summed E-state index contributed by atoms with van der Waals surface area (Å²) >= 11 is 0. The van der Waals surface area contributed by atoms with E-state index in [0.717, 1.165) is 23.9 Å². The van der Waals surface area contributed by atoms with E-state index >= 15 is 0 Å². The minimum Gasteiger partial charge on any atom is -0.353 e. The van der Waals surface area contributed by atoms with E-state index in [9.17, 15) is 4.39 Å². The number of aromatic amines is 1. The Morgan fingerprint density at radius 2 is 2.12 bits per heavy atom. The standard InChI is InChI=1S/C12H16FN3/c1-3-9(4-2)14-12-15-10-6-5-8(13)7-11(10)16-12/h5-7,9H,3-4H2,1-2H3,(H2,14,15,16). The van der Waals surface area contributed by atoms with Crippen LogP contribution in [0.25, 0.3) is 11.0 Å². The van der Waals surface area contributed by atoms with Crippen LogP contribution in [0.1, 0.15) is 26.7 Å². The molecule has 1 aromatic carbocycles. The maximum absolute atomic E-state index is 13.0. The van der Waals surface area contributed by atoms with Crippen molar-refractivity contribution < 1.29 is 4.39 Å².